The molecule has 3 rings (SSSR count). The van der Waals surface area contributed by atoms with Crippen molar-refractivity contribution in [3.63, 3.8) is 0 Å². The summed E-state index contributed by atoms with van der Waals surface area (Å²) in [7, 11) is 0. The second-order valence-corrected chi connectivity index (χ2v) is 4.27. The van der Waals surface area contributed by atoms with Crippen molar-refractivity contribution in [3.05, 3.63) is 53.1 Å². The molecule has 19 heavy (non-hydrogen) atoms. The largest absolute Gasteiger partial charge is 0.478 e. The van der Waals surface area contributed by atoms with Gasteiger partial charge >= 0.3 is 5.97 Å². The molecule has 1 aliphatic carbocycles. The van der Waals surface area contributed by atoms with Crippen LogP contribution < -0.4 is 0 Å². The highest BCUT2D eigenvalue weighted by Crippen LogP contribution is 2.29. The van der Waals surface area contributed by atoms with Crippen LogP contribution in [0.15, 0.2) is 36.4 Å². The molecule has 0 bridgehead atoms. The maximum absolute atomic E-state index is 11.8. The van der Waals surface area contributed by atoms with Crippen molar-refractivity contribution in [3.8, 4) is 0 Å². The lowest BCUT2D eigenvalue weighted by atomic mass is 9.87. The molecule has 0 saturated carbocycles. The van der Waals surface area contributed by atoms with Gasteiger partial charge in [0.25, 0.3) is 0 Å². The van der Waals surface area contributed by atoms with E-state index >= 15 is 0 Å². The SMILES string of the molecule is O=C1C=Cc2c(cc3ccccc3c2C(=O)O)C1=O. The molecule has 0 amide bonds. The Morgan fingerprint density at radius 2 is 1.79 bits per heavy atom. The lowest BCUT2D eigenvalue weighted by Gasteiger charge is -2.14. The van der Waals surface area contributed by atoms with E-state index in [0.717, 1.165) is 6.08 Å². The van der Waals surface area contributed by atoms with Gasteiger partial charge in [-0.25, -0.2) is 4.79 Å². The van der Waals surface area contributed by atoms with Crippen LogP contribution in [0.4, 0.5) is 0 Å². The van der Waals surface area contributed by atoms with Crippen molar-refractivity contribution in [2.45, 2.75) is 0 Å². The zero-order chi connectivity index (χ0) is 13.6. The smallest absolute Gasteiger partial charge is 0.336 e. The minimum Gasteiger partial charge on any atom is -0.478 e. The highest BCUT2D eigenvalue weighted by molar-refractivity contribution is 6.50. The number of allylic oxidation sites excluding steroid dienone is 1. The van der Waals surface area contributed by atoms with Gasteiger partial charge in [-0.15, -0.1) is 0 Å². The molecular formula is C15H8O4. The van der Waals surface area contributed by atoms with Gasteiger partial charge in [-0.05, 0) is 29.0 Å². The zero-order valence-corrected chi connectivity index (χ0v) is 9.71. The molecule has 0 aromatic heterocycles. The minimum atomic E-state index is -1.11. The average molecular weight is 252 g/mol. The lowest BCUT2D eigenvalue weighted by Crippen LogP contribution is -2.18. The number of carboxylic acid groups (broad SMARTS) is 1. The van der Waals surface area contributed by atoms with Gasteiger partial charge < -0.3 is 5.11 Å². The number of carbonyl (C=O) groups is 3. The lowest BCUT2D eigenvalue weighted by molar-refractivity contribution is -0.110. The Morgan fingerprint density at radius 3 is 2.53 bits per heavy atom. The number of hydrogen-bond donors (Lipinski definition) is 1. The molecule has 1 N–H and O–H groups in total. The Labute approximate surface area is 108 Å². The summed E-state index contributed by atoms with van der Waals surface area (Å²) in [4.78, 5) is 34.7. The molecule has 0 heterocycles. The molecule has 0 saturated heterocycles. The Balaban J connectivity index is 2.50. The van der Waals surface area contributed by atoms with Crippen LogP contribution in [0, 0.1) is 0 Å². The highest BCUT2D eigenvalue weighted by atomic mass is 16.4. The van der Waals surface area contributed by atoms with Crippen LogP contribution in [0.1, 0.15) is 26.3 Å². The molecule has 4 nitrogen and oxygen atoms in total. The monoisotopic (exact) mass is 252 g/mol. The van der Waals surface area contributed by atoms with Crippen molar-refractivity contribution in [1.82, 2.24) is 0 Å². The second-order valence-electron chi connectivity index (χ2n) is 4.27. The quantitative estimate of drug-likeness (QED) is 0.790. The Morgan fingerprint density at radius 1 is 1.05 bits per heavy atom. The van der Waals surface area contributed by atoms with Gasteiger partial charge in [-0.2, -0.15) is 0 Å². The summed E-state index contributed by atoms with van der Waals surface area (Å²) < 4.78 is 0. The fourth-order valence-corrected chi connectivity index (χ4v) is 2.32. The van der Waals surface area contributed by atoms with Crippen molar-refractivity contribution in [2.24, 2.45) is 0 Å². The number of fused-ring (bicyclic) bond motifs is 2. The summed E-state index contributed by atoms with van der Waals surface area (Å²) >= 11 is 0. The maximum atomic E-state index is 11.8. The fraction of sp³-hybridized carbons (Fsp3) is 0. The number of rotatable bonds is 1. The number of Topliss-reactive ketones (excluding diaryl/α,β-unsaturated/α-hetero) is 1. The molecule has 0 radical (unpaired) electrons. The highest BCUT2D eigenvalue weighted by Gasteiger charge is 2.26. The molecule has 0 atom stereocenters. The molecule has 0 unspecified atom stereocenters. The standard InChI is InChI=1S/C15H8O4/c16-12-6-5-10-11(14(12)17)7-8-3-1-2-4-9(8)13(10)15(18)19/h1-7H,(H,18,19). The summed E-state index contributed by atoms with van der Waals surface area (Å²) in [6, 6.07) is 8.47. The maximum Gasteiger partial charge on any atom is 0.336 e. The fourth-order valence-electron chi connectivity index (χ4n) is 2.32. The number of ketones is 2. The summed E-state index contributed by atoms with van der Waals surface area (Å²) in [6.07, 6.45) is 2.51. The first-order chi connectivity index (χ1) is 9.09. The normalized spacial score (nSPS) is 13.7. The van der Waals surface area contributed by atoms with Crippen LogP contribution >= 0.6 is 0 Å². The van der Waals surface area contributed by atoms with E-state index in [1.54, 1.807) is 30.3 Å². The molecule has 2 aromatic rings. The first-order valence-corrected chi connectivity index (χ1v) is 5.65. The summed E-state index contributed by atoms with van der Waals surface area (Å²) in [6.45, 7) is 0. The van der Waals surface area contributed by atoms with Gasteiger partial charge in [-0.1, -0.05) is 24.3 Å². The van der Waals surface area contributed by atoms with Gasteiger partial charge in [0.1, 0.15) is 0 Å². The van der Waals surface area contributed by atoms with Crippen LogP contribution in [0.3, 0.4) is 0 Å². The number of aromatic carboxylic acids is 1. The Hall–Kier alpha value is -2.75. The minimum absolute atomic E-state index is 0.0604. The van der Waals surface area contributed by atoms with Crippen molar-refractivity contribution in [2.75, 3.05) is 0 Å². The third-order valence-electron chi connectivity index (χ3n) is 3.17. The molecule has 0 spiro atoms. The predicted molar refractivity (Wildman–Crippen MR) is 69.3 cm³/mol. The zero-order valence-electron chi connectivity index (χ0n) is 9.71. The number of carboxylic acids is 1. The van der Waals surface area contributed by atoms with Gasteiger partial charge in [0, 0.05) is 11.1 Å². The first-order valence-electron chi connectivity index (χ1n) is 5.65. The van der Waals surface area contributed by atoms with Gasteiger partial charge in [0.2, 0.25) is 11.6 Å². The summed E-state index contributed by atoms with van der Waals surface area (Å²) in [5, 5.41) is 10.6. The van der Waals surface area contributed by atoms with Gasteiger partial charge in [0.05, 0.1) is 5.56 Å². The van der Waals surface area contributed by atoms with E-state index in [1.807, 2.05) is 0 Å². The van der Waals surface area contributed by atoms with Crippen LogP contribution in [0.2, 0.25) is 0 Å². The third-order valence-corrected chi connectivity index (χ3v) is 3.17. The third kappa shape index (κ3) is 1.57. The van der Waals surface area contributed by atoms with Crippen LogP contribution in [0.5, 0.6) is 0 Å². The molecule has 0 aliphatic heterocycles. The van der Waals surface area contributed by atoms with Crippen LogP contribution in [-0.4, -0.2) is 22.6 Å². The van der Waals surface area contributed by atoms with Crippen molar-refractivity contribution in [1.29, 1.82) is 0 Å². The molecule has 2 aromatic carbocycles. The van der Waals surface area contributed by atoms with Crippen molar-refractivity contribution < 1.29 is 19.5 Å². The average Bonchev–Trinajstić information content (AvgIpc) is 2.40. The Bertz CT molecular complexity index is 784. The second kappa shape index (κ2) is 3.88. The first kappa shape index (κ1) is 11.3. The van der Waals surface area contributed by atoms with E-state index in [0.29, 0.717) is 16.3 Å². The summed E-state index contributed by atoms with van der Waals surface area (Å²) in [5.41, 5.74) is 0.518. The topological polar surface area (TPSA) is 71.4 Å². The van der Waals surface area contributed by atoms with E-state index in [4.69, 9.17) is 0 Å². The van der Waals surface area contributed by atoms with E-state index in [9.17, 15) is 19.5 Å². The van der Waals surface area contributed by atoms with E-state index in [1.165, 1.54) is 6.08 Å². The van der Waals surface area contributed by atoms with Crippen molar-refractivity contribution >= 4 is 34.4 Å². The molecule has 4 heteroatoms. The molecule has 1 aliphatic rings. The predicted octanol–water partition coefficient (Wildman–Crippen LogP) is 2.32. The van der Waals surface area contributed by atoms with Crippen LogP contribution in [-0.2, 0) is 4.79 Å². The van der Waals surface area contributed by atoms with E-state index < -0.39 is 17.5 Å². The molecule has 0 fully saturated rings. The van der Waals surface area contributed by atoms with Crippen LogP contribution in [0.25, 0.3) is 16.8 Å². The molecular weight excluding hydrogens is 244 g/mol. The summed E-state index contributed by atoms with van der Waals surface area (Å²) in [5.74, 6) is -2.40. The number of hydrogen-bond acceptors (Lipinski definition) is 3. The van der Waals surface area contributed by atoms with E-state index in [-0.39, 0.29) is 11.1 Å². The van der Waals surface area contributed by atoms with Gasteiger partial charge in [-0.3, -0.25) is 9.59 Å². The van der Waals surface area contributed by atoms with Gasteiger partial charge in [0.15, 0.2) is 0 Å². The van der Waals surface area contributed by atoms with E-state index in [2.05, 4.69) is 0 Å². The number of carbonyl (C=O) groups excluding carboxylic acids is 2. The Kier molecular flexibility index (Phi) is 2.32. The molecule has 92 valence electrons. The number of benzene rings is 2.